The van der Waals surface area contributed by atoms with E-state index in [1.807, 2.05) is 24.6 Å². The largest absolute Gasteiger partial charge is 0.465 e. The third kappa shape index (κ3) is 4.66. The summed E-state index contributed by atoms with van der Waals surface area (Å²) < 4.78 is 51.9. The van der Waals surface area contributed by atoms with E-state index < -0.39 is 23.4 Å². The van der Waals surface area contributed by atoms with E-state index in [1.54, 1.807) is 25.4 Å². The minimum Gasteiger partial charge on any atom is -0.465 e. The van der Waals surface area contributed by atoms with Gasteiger partial charge in [-0.15, -0.1) is 0 Å². The molecule has 1 unspecified atom stereocenters. The average molecular weight is 552 g/mol. The Balaban J connectivity index is 1.45. The number of nitrogens with one attached hydrogen (secondary N) is 1. The SMILES string of the molecule is CNc1cc(=O)n(-c2ccnc3c2cc(C(C)N2CC=C(c4c(F)cc(C(=O)OC)cc4F)CC2)n3C)cc1F. The molecule has 1 aliphatic rings. The Labute approximate surface area is 228 Å². The first-order valence-corrected chi connectivity index (χ1v) is 12.7. The summed E-state index contributed by atoms with van der Waals surface area (Å²) in [6.07, 6.45) is 4.92. The third-order valence-electron chi connectivity index (χ3n) is 7.48. The van der Waals surface area contributed by atoms with Crippen LogP contribution in [0.2, 0.25) is 0 Å². The first-order valence-electron chi connectivity index (χ1n) is 12.7. The lowest BCUT2D eigenvalue weighted by Crippen LogP contribution is -2.32. The van der Waals surface area contributed by atoms with Gasteiger partial charge in [-0.05, 0) is 43.2 Å². The number of carbonyl (C=O) groups excluding carboxylic acids is 1. The molecule has 0 saturated carbocycles. The van der Waals surface area contributed by atoms with Crippen molar-refractivity contribution in [3.05, 3.63) is 93.4 Å². The molecule has 11 heteroatoms. The molecule has 0 amide bonds. The number of hydrogen-bond acceptors (Lipinski definition) is 6. The molecule has 3 aromatic heterocycles. The fraction of sp³-hybridized carbons (Fsp3) is 0.276. The Kier molecular flexibility index (Phi) is 7.24. The van der Waals surface area contributed by atoms with Crippen LogP contribution in [-0.4, -0.2) is 52.2 Å². The van der Waals surface area contributed by atoms with Crippen LogP contribution in [0.25, 0.3) is 22.3 Å². The second kappa shape index (κ2) is 10.6. The van der Waals surface area contributed by atoms with Gasteiger partial charge in [0.05, 0.1) is 30.2 Å². The summed E-state index contributed by atoms with van der Waals surface area (Å²) >= 11 is 0. The molecule has 1 atom stereocenters. The number of fused-ring (bicyclic) bond motifs is 1. The number of rotatable bonds is 6. The summed E-state index contributed by atoms with van der Waals surface area (Å²) in [5.74, 6) is -2.98. The number of carbonyl (C=O) groups is 1. The number of anilines is 1. The molecule has 208 valence electrons. The molecule has 0 bridgehead atoms. The fourth-order valence-corrected chi connectivity index (χ4v) is 5.29. The Morgan fingerprint density at radius 2 is 1.85 bits per heavy atom. The van der Waals surface area contributed by atoms with Gasteiger partial charge in [0.2, 0.25) is 0 Å². The minimum absolute atomic E-state index is 0.110. The maximum Gasteiger partial charge on any atom is 0.338 e. The lowest BCUT2D eigenvalue weighted by molar-refractivity contribution is 0.0599. The number of hydrogen-bond donors (Lipinski definition) is 1. The van der Waals surface area contributed by atoms with Gasteiger partial charge in [0.1, 0.15) is 17.3 Å². The normalized spacial score (nSPS) is 14.7. The van der Waals surface area contributed by atoms with Crippen LogP contribution < -0.4 is 10.9 Å². The molecule has 0 aliphatic carbocycles. The Morgan fingerprint density at radius 3 is 2.48 bits per heavy atom. The Hall–Kier alpha value is -4.38. The van der Waals surface area contributed by atoms with Gasteiger partial charge in [-0.25, -0.2) is 22.9 Å². The minimum atomic E-state index is -0.810. The summed E-state index contributed by atoms with van der Waals surface area (Å²) in [6.45, 7) is 2.99. The first kappa shape index (κ1) is 27.2. The van der Waals surface area contributed by atoms with Gasteiger partial charge < -0.3 is 14.6 Å². The number of pyridine rings is 2. The van der Waals surface area contributed by atoms with Gasteiger partial charge in [0.25, 0.3) is 5.56 Å². The van der Waals surface area contributed by atoms with Gasteiger partial charge in [0.15, 0.2) is 5.82 Å². The number of halogens is 3. The average Bonchev–Trinajstić information content (AvgIpc) is 3.29. The fourth-order valence-electron chi connectivity index (χ4n) is 5.29. The highest BCUT2D eigenvalue weighted by molar-refractivity contribution is 5.90. The molecule has 5 rings (SSSR count). The topological polar surface area (TPSA) is 81.4 Å². The highest BCUT2D eigenvalue weighted by Crippen LogP contribution is 2.34. The lowest BCUT2D eigenvalue weighted by atomic mass is 9.96. The molecule has 0 fully saturated rings. The van der Waals surface area contributed by atoms with Crippen molar-refractivity contribution in [2.24, 2.45) is 7.05 Å². The Bertz CT molecular complexity index is 1700. The van der Waals surface area contributed by atoms with Crippen LogP contribution in [-0.2, 0) is 11.8 Å². The molecule has 1 aromatic carbocycles. The van der Waals surface area contributed by atoms with Crippen molar-refractivity contribution in [1.82, 2.24) is 19.0 Å². The lowest BCUT2D eigenvalue weighted by Gasteiger charge is -2.32. The van der Waals surface area contributed by atoms with Crippen LogP contribution in [0.15, 0.2) is 53.6 Å². The van der Waals surface area contributed by atoms with Crippen LogP contribution >= 0.6 is 0 Å². The van der Waals surface area contributed by atoms with E-state index in [9.17, 15) is 22.8 Å². The molecule has 0 radical (unpaired) electrons. The van der Waals surface area contributed by atoms with E-state index >= 15 is 0 Å². The third-order valence-corrected chi connectivity index (χ3v) is 7.48. The van der Waals surface area contributed by atoms with E-state index in [4.69, 9.17) is 0 Å². The van der Waals surface area contributed by atoms with E-state index in [0.717, 1.165) is 31.1 Å². The second-order valence-electron chi connectivity index (χ2n) is 9.65. The van der Waals surface area contributed by atoms with Crippen molar-refractivity contribution in [1.29, 1.82) is 0 Å². The summed E-state index contributed by atoms with van der Waals surface area (Å²) in [7, 11) is 4.57. The van der Waals surface area contributed by atoms with Crippen molar-refractivity contribution in [3.63, 3.8) is 0 Å². The van der Waals surface area contributed by atoms with Crippen molar-refractivity contribution in [3.8, 4) is 5.69 Å². The van der Waals surface area contributed by atoms with Gasteiger partial charge in [-0.1, -0.05) is 6.08 Å². The second-order valence-corrected chi connectivity index (χ2v) is 9.65. The number of benzene rings is 1. The summed E-state index contributed by atoms with van der Waals surface area (Å²) in [5.41, 5.74) is 1.99. The Morgan fingerprint density at radius 1 is 1.12 bits per heavy atom. The molecule has 4 aromatic rings. The monoisotopic (exact) mass is 551 g/mol. The van der Waals surface area contributed by atoms with Gasteiger partial charge in [-0.3, -0.25) is 14.3 Å². The maximum absolute atomic E-state index is 14.8. The van der Waals surface area contributed by atoms with Crippen molar-refractivity contribution >= 4 is 28.3 Å². The number of aromatic nitrogens is 3. The molecule has 1 N–H and O–H groups in total. The van der Waals surface area contributed by atoms with Gasteiger partial charge in [-0.2, -0.15) is 0 Å². The van der Waals surface area contributed by atoms with E-state index in [-0.39, 0.29) is 28.4 Å². The van der Waals surface area contributed by atoms with Crippen LogP contribution in [0, 0.1) is 17.5 Å². The molecule has 1 aliphatic heterocycles. The van der Waals surface area contributed by atoms with E-state index in [1.165, 1.54) is 10.6 Å². The first-order chi connectivity index (χ1) is 19.1. The van der Waals surface area contributed by atoms with Gasteiger partial charge >= 0.3 is 5.97 Å². The number of aryl methyl sites for hydroxylation is 1. The summed E-state index contributed by atoms with van der Waals surface area (Å²) in [6, 6.07) is 6.68. The highest BCUT2D eigenvalue weighted by Gasteiger charge is 2.26. The van der Waals surface area contributed by atoms with Crippen LogP contribution in [0.3, 0.4) is 0 Å². The zero-order valence-electron chi connectivity index (χ0n) is 22.5. The molecule has 4 heterocycles. The molecule has 0 saturated heterocycles. The molecular weight excluding hydrogens is 523 g/mol. The standard InChI is InChI=1S/C29H28F3N5O3/c1-16(36-9-6-17(7-10-36)27-20(30)11-18(12-21(27)31)29(39)40-4)25-13-19-24(5-8-34-28(19)35(25)3)37-15-22(32)23(33-2)14-26(37)38/h5-6,8,11-16,33H,7,9-10H2,1-4H3. The number of nitrogens with zero attached hydrogens (tertiary/aromatic N) is 4. The molecule has 0 spiro atoms. The van der Waals surface area contributed by atoms with Gasteiger partial charge in [0, 0.05) is 62.1 Å². The van der Waals surface area contributed by atoms with Crippen molar-refractivity contribution < 1.29 is 22.7 Å². The van der Waals surface area contributed by atoms with Crippen molar-refractivity contribution in [2.45, 2.75) is 19.4 Å². The van der Waals surface area contributed by atoms with Crippen LogP contribution in [0.5, 0.6) is 0 Å². The highest BCUT2D eigenvalue weighted by atomic mass is 19.1. The van der Waals surface area contributed by atoms with Crippen LogP contribution in [0.4, 0.5) is 18.9 Å². The molecular formula is C29H28F3N5O3. The molecule has 8 nitrogen and oxygen atoms in total. The summed E-state index contributed by atoms with van der Waals surface area (Å²) in [4.78, 5) is 31.1. The zero-order chi connectivity index (χ0) is 28.7. The molecule has 40 heavy (non-hydrogen) atoms. The maximum atomic E-state index is 14.8. The number of esters is 1. The van der Waals surface area contributed by atoms with E-state index in [2.05, 4.69) is 19.9 Å². The van der Waals surface area contributed by atoms with E-state index in [0.29, 0.717) is 41.8 Å². The van der Waals surface area contributed by atoms with Crippen LogP contribution in [0.1, 0.15) is 41.0 Å². The number of methoxy groups -OCH3 is 1. The quantitative estimate of drug-likeness (QED) is 0.346. The zero-order valence-corrected chi connectivity index (χ0v) is 22.5. The predicted octanol–water partition coefficient (Wildman–Crippen LogP) is 4.82. The summed E-state index contributed by atoms with van der Waals surface area (Å²) in [5, 5.41) is 3.36. The van der Waals surface area contributed by atoms with Crippen molar-refractivity contribution in [2.75, 3.05) is 32.6 Å². The smallest absolute Gasteiger partial charge is 0.338 e. The predicted molar refractivity (Wildman–Crippen MR) is 146 cm³/mol. The number of ether oxygens (including phenoxy) is 1.